The van der Waals surface area contributed by atoms with Gasteiger partial charge >= 0.3 is 0 Å². The number of rotatable bonds is 5. The van der Waals surface area contributed by atoms with Gasteiger partial charge in [0.05, 0.1) is 10.3 Å². The van der Waals surface area contributed by atoms with Crippen LogP contribution in [0.4, 0.5) is 0 Å². The Balaban J connectivity index is 1.53. The number of hydrogen-bond donors (Lipinski definition) is 2. The third-order valence-electron chi connectivity index (χ3n) is 4.48. The van der Waals surface area contributed by atoms with Gasteiger partial charge in [0.2, 0.25) is 10.0 Å². The molecule has 0 saturated carbocycles. The van der Waals surface area contributed by atoms with Crippen molar-refractivity contribution in [2.75, 3.05) is 0 Å². The number of nitrogens with two attached hydrogens (primary N) is 1. The molecule has 0 aliphatic rings. The van der Waals surface area contributed by atoms with Crippen molar-refractivity contribution in [3.63, 3.8) is 0 Å². The average molecular weight is 407 g/mol. The van der Waals surface area contributed by atoms with Gasteiger partial charge in [-0.15, -0.1) is 0 Å². The van der Waals surface area contributed by atoms with Gasteiger partial charge in [-0.25, -0.2) is 13.6 Å². The molecule has 0 bridgehead atoms. The summed E-state index contributed by atoms with van der Waals surface area (Å²) in [6.07, 6.45) is 0. The van der Waals surface area contributed by atoms with E-state index in [0.717, 1.165) is 16.5 Å². The molecule has 0 unspecified atom stereocenters. The molecule has 3 aromatic carbocycles. The van der Waals surface area contributed by atoms with Crippen LogP contribution >= 0.6 is 0 Å². The summed E-state index contributed by atoms with van der Waals surface area (Å²) in [7, 11) is -3.74. The standard InChI is InChI=1S/C21H17N3O4S/c22-29(26,27)17-9-6-14(7-10-17)13-23-21(25)16-8-11-19-18(12-16)20(28-24-19)15-4-2-1-3-5-15/h1-12H,13H2,(H,23,25)(H2,22,26,27). The van der Waals surface area contributed by atoms with Crippen LogP contribution in [-0.4, -0.2) is 19.5 Å². The molecule has 29 heavy (non-hydrogen) atoms. The van der Waals surface area contributed by atoms with Crippen molar-refractivity contribution in [2.45, 2.75) is 11.4 Å². The van der Waals surface area contributed by atoms with E-state index in [-0.39, 0.29) is 17.3 Å². The van der Waals surface area contributed by atoms with Crippen LogP contribution in [0.1, 0.15) is 15.9 Å². The fourth-order valence-electron chi connectivity index (χ4n) is 2.96. The minimum absolute atomic E-state index is 0.0268. The highest BCUT2D eigenvalue weighted by Gasteiger charge is 2.14. The summed E-state index contributed by atoms with van der Waals surface area (Å²) < 4.78 is 28.1. The van der Waals surface area contributed by atoms with Crippen molar-refractivity contribution < 1.29 is 17.7 Å². The molecule has 0 atom stereocenters. The van der Waals surface area contributed by atoms with Crippen LogP contribution < -0.4 is 10.5 Å². The van der Waals surface area contributed by atoms with Crippen LogP contribution in [0, 0.1) is 0 Å². The van der Waals surface area contributed by atoms with E-state index in [2.05, 4.69) is 10.5 Å². The first kappa shape index (κ1) is 18.9. The zero-order valence-corrected chi connectivity index (χ0v) is 16.0. The maximum absolute atomic E-state index is 12.6. The second-order valence-electron chi connectivity index (χ2n) is 6.48. The highest BCUT2D eigenvalue weighted by atomic mass is 32.2. The van der Waals surface area contributed by atoms with Crippen LogP contribution in [0.3, 0.4) is 0 Å². The van der Waals surface area contributed by atoms with Gasteiger partial charge in [-0.2, -0.15) is 0 Å². The summed E-state index contributed by atoms with van der Waals surface area (Å²) in [5, 5.41) is 12.7. The van der Waals surface area contributed by atoms with E-state index < -0.39 is 10.0 Å². The number of sulfonamides is 1. The predicted octanol–water partition coefficient (Wildman–Crippen LogP) is 3.07. The third-order valence-corrected chi connectivity index (χ3v) is 5.41. The van der Waals surface area contributed by atoms with Crippen molar-refractivity contribution >= 4 is 26.8 Å². The number of amides is 1. The average Bonchev–Trinajstić information content (AvgIpc) is 3.15. The minimum atomic E-state index is -3.74. The fraction of sp³-hybridized carbons (Fsp3) is 0.0476. The molecular weight excluding hydrogens is 390 g/mol. The van der Waals surface area contributed by atoms with E-state index in [1.807, 2.05) is 30.3 Å². The Morgan fingerprint density at radius 2 is 1.72 bits per heavy atom. The highest BCUT2D eigenvalue weighted by molar-refractivity contribution is 7.89. The molecule has 0 spiro atoms. The van der Waals surface area contributed by atoms with E-state index in [0.29, 0.717) is 16.8 Å². The van der Waals surface area contributed by atoms with Crippen molar-refractivity contribution in [2.24, 2.45) is 5.14 Å². The molecule has 146 valence electrons. The summed E-state index contributed by atoms with van der Waals surface area (Å²) in [4.78, 5) is 12.6. The van der Waals surface area contributed by atoms with Crippen molar-refractivity contribution in [1.82, 2.24) is 10.5 Å². The second-order valence-corrected chi connectivity index (χ2v) is 8.04. The number of nitrogens with one attached hydrogen (secondary N) is 1. The number of carbonyl (C=O) groups is 1. The molecule has 0 saturated heterocycles. The first-order chi connectivity index (χ1) is 13.9. The van der Waals surface area contributed by atoms with Crippen LogP contribution in [-0.2, 0) is 16.6 Å². The molecule has 8 heteroatoms. The number of hydrogen-bond acceptors (Lipinski definition) is 5. The van der Waals surface area contributed by atoms with Crippen LogP contribution in [0.15, 0.2) is 82.2 Å². The first-order valence-corrected chi connectivity index (χ1v) is 10.3. The monoisotopic (exact) mass is 407 g/mol. The van der Waals surface area contributed by atoms with E-state index in [4.69, 9.17) is 9.66 Å². The summed E-state index contributed by atoms with van der Waals surface area (Å²) in [6, 6.07) is 20.7. The molecule has 0 fully saturated rings. The van der Waals surface area contributed by atoms with E-state index in [1.54, 1.807) is 30.3 Å². The molecule has 0 aliphatic carbocycles. The summed E-state index contributed by atoms with van der Waals surface area (Å²) in [5.74, 6) is 0.344. The molecule has 3 N–H and O–H groups in total. The molecule has 4 aromatic rings. The number of nitrogens with zero attached hydrogens (tertiary/aromatic N) is 1. The number of fused-ring (bicyclic) bond motifs is 1. The van der Waals surface area contributed by atoms with Gasteiger partial charge in [0.1, 0.15) is 5.52 Å². The Bertz CT molecular complexity index is 1280. The lowest BCUT2D eigenvalue weighted by atomic mass is 10.1. The van der Waals surface area contributed by atoms with Gasteiger partial charge in [0, 0.05) is 17.7 Å². The third kappa shape index (κ3) is 4.03. The molecule has 0 radical (unpaired) electrons. The molecule has 0 aliphatic heterocycles. The van der Waals surface area contributed by atoms with Crippen molar-refractivity contribution in [3.8, 4) is 11.3 Å². The van der Waals surface area contributed by atoms with Gasteiger partial charge < -0.3 is 9.84 Å². The van der Waals surface area contributed by atoms with E-state index >= 15 is 0 Å². The lowest BCUT2D eigenvalue weighted by Crippen LogP contribution is -2.22. The molecule has 7 nitrogen and oxygen atoms in total. The Morgan fingerprint density at radius 1 is 1.00 bits per heavy atom. The van der Waals surface area contributed by atoms with Gasteiger partial charge in [0.25, 0.3) is 5.91 Å². The zero-order valence-electron chi connectivity index (χ0n) is 15.2. The zero-order chi connectivity index (χ0) is 20.4. The van der Waals surface area contributed by atoms with Crippen molar-refractivity contribution in [3.05, 3.63) is 83.9 Å². The Hall–Kier alpha value is -3.49. The minimum Gasteiger partial charge on any atom is -0.355 e. The Kier molecular flexibility index (Phi) is 4.87. The van der Waals surface area contributed by atoms with E-state index in [1.165, 1.54) is 12.1 Å². The second kappa shape index (κ2) is 7.50. The Morgan fingerprint density at radius 3 is 2.41 bits per heavy atom. The quantitative estimate of drug-likeness (QED) is 0.527. The molecule has 1 aromatic heterocycles. The fourth-order valence-corrected chi connectivity index (χ4v) is 3.48. The van der Waals surface area contributed by atoms with Gasteiger partial charge in [-0.3, -0.25) is 4.79 Å². The van der Waals surface area contributed by atoms with Gasteiger partial charge in [-0.1, -0.05) is 47.6 Å². The molecular formula is C21H17N3O4S. The van der Waals surface area contributed by atoms with Crippen LogP contribution in [0.5, 0.6) is 0 Å². The van der Waals surface area contributed by atoms with Crippen LogP contribution in [0.2, 0.25) is 0 Å². The largest absolute Gasteiger partial charge is 0.355 e. The normalized spacial score (nSPS) is 11.5. The highest BCUT2D eigenvalue weighted by Crippen LogP contribution is 2.29. The van der Waals surface area contributed by atoms with Gasteiger partial charge in [-0.05, 0) is 35.9 Å². The molecule has 1 amide bonds. The van der Waals surface area contributed by atoms with Gasteiger partial charge in [0.15, 0.2) is 5.76 Å². The topological polar surface area (TPSA) is 115 Å². The SMILES string of the molecule is NS(=O)(=O)c1ccc(CNC(=O)c2ccc3noc(-c4ccccc4)c3c2)cc1. The Labute approximate surface area is 167 Å². The number of benzene rings is 3. The summed E-state index contributed by atoms with van der Waals surface area (Å²) >= 11 is 0. The summed E-state index contributed by atoms with van der Waals surface area (Å²) in [5.41, 5.74) is 2.77. The lowest BCUT2D eigenvalue weighted by Gasteiger charge is -2.06. The lowest BCUT2D eigenvalue weighted by molar-refractivity contribution is 0.0951. The molecule has 4 rings (SSSR count). The molecule has 1 heterocycles. The van der Waals surface area contributed by atoms with Crippen molar-refractivity contribution in [1.29, 1.82) is 0 Å². The predicted molar refractivity (Wildman–Crippen MR) is 108 cm³/mol. The smallest absolute Gasteiger partial charge is 0.251 e. The maximum atomic E-state index is 12.6. The first-order valence-electron chi connectivity index (χ1n) is 8.76. The van der Waals surface area contributed by atoms with Crippen LogP contribution in [0.25, 0.3) is 22.2 Å². The number of primary sulfonamides is 1. The number of aromatic nitrogens is 1. The summed E-state index contributed by atoms with van der Waals surface area (Å²) in [6.45, 7) is 0.247. The van der Waals surface area contributed by atoms with E-state index in [9.17, 15) is 13.2 Å². The number of carbonyl (C=O) groups excluding carboxylic acids is 1. The maximum Gasteiger partial charge on any atom is 0.251 e.